The molecule has 7 heteroatoms. The van der Waals surface area contributed by atoms with E-state index in [1.165, 1.54) is 4.88 Å². The average Bonchev–Trinajstić information content (AvgIpc) is 3.05. The van der Waals surface area contributed by atoms with E-state index < -0.39 is 0 Å². The van der Waals surface area contributed by atoms with Crippen molar-refractivity contribution in [2.75, 3.05) is 45.2 Å². The second-order valence-corrected chi connectivity index (χ2v) is 8.49. The SMILES string of the molecule is CN(C)c1cccc(CNC(=O)N2CCN(Cc3ccc(Cl)s3)CC2)c1. The third-order valence-electron chi connectivity index (χ3n) is 4.54. The van der Waals surface area contributed by atoms with E-state index in [1.54, 1.807) is 11.3 Å². The van der Waals surface area contributed by atoms with Crippen molar-refractivity contribution >= 4 is 34.7 Å². The van der Waals surface area contributed by atoms with Crippen molar-refractivity contribution in [2.24, 2.45) is 0 Å². The molecule has 26 heavy (non-hydrogen) atoms. The van der Waals surface area contributed by atoms with Gasteiger partial charge in [-0.1, -0.05) is 23.7 Å². The molecular formula is C19H25ClN4OS. The molecule has 0 spiro atoms. The predicted molar refractivity (Wildman–Crippen MR) is 109 cm³/mol. The molecule has 1 aromatic heterocycles. The van der Waals surface area contributed by atoms with Gasteiger partial charge in [-0.25, -0.2) is 4.79 Å². The van der Waals surface area contributed by atoms with E-state index in [4.69, 9.17) is 11.6 Å². The molecular weight excluding hydrogens is 368 g/mol. The molecule has 0 atom stereocenters. The average molecular weight is 393 g/mol. The Hall–Kier alpha value is -1.76. The van der Waals surface area contributed by atoms with Crippen molar-refractivity contribution in [1.82, 2.24) is 15.1 Å². The molecule has 0 aliphatic carbocycles. The molecule has 0 unspecified atom stereocenters. The van der Waals surface area contributed by atoms with Gasteiger partial charge in [0.25, 0.3) is 0 Å². The molecule has 1 aliphatic rings. The lowest BCUT2D eigenvalue weighted by molar-refractivity contribution is 0.135. The summed E-state index contributed by atoms with van der Waals surface area (Å²) in [6.07, 6.45) is 0. The molecule has 2 amide bonds. The Balaban J connectivity index is 1.44. The number of nitrogens with one attached hydrogen (secondary N) is 1. The van der Waals surface area contributed by atoms with Gasteiger partial charge in [-0.05, 0) is 29.8 Å². The van der Waals surface area contributed by atoms with Gasteiger partial charge in [0.1, 0.15) is 0 Å². The van der Waals surface area contributed by atoms with Crippen LogP contribution in [0.2, 0.25) is 4.34 Å². The van der Waals surface area contributed by atoms with Gasteiger partial charge in [0.05, 0.1) is 4.34 Å². The standard InChI is InChI=1S/C19H25ClN4OS/c1-22(2)16-5-3-4-15(12-16)13-21-19(25)24-10-8-23(9-11-24)14-17-6-7-18(20)26-17/h3-7,12H,8-11,13-14H2,1-2H3,(H,21,25). The van der Waals surface area contributed by atoms with Gasteiger partial charge < -0.3 is 15.1 Å². The zero-order valence-electron chi connectivity index (χ0n) is 15.2. The van der Waals surface area contributed by atoms with E-state index in [9.17, 15) is 4.79 Å². The summed E-state index contributed by atoms with van der Waals surface area (Å²) in [5, 5.41) is 3.04. The number of urea groups is 1. The Labute approximate surface area is 164 Å². The number of nitrogens with zero attached hydrogens (tertiary/aromatic N) is 3. The van der Waals surface area contributed by atoms with Gasteiger partial charge in [0.2, 0.25) is 0 Å². The highest BCUT2D eigenvalue weighted by molar-refractivity contribution is 7.16. The number of amides is 2. The number of halogens is 1. The van der Waals surface area contributed by atoms with Gasteiger partial charge in [0, 0.05) is 63.9 Å². The normalized spacial score (nSPS) is 15.1. The minimum absolute atomic E-state index is 0.0130. The largest absolute Gasteiger partial charge is 0.378 e. The fourth-order valence-electron chi connectivity index (χ4n) is 3.00. The van der Waals surface area contributed by atoms with Crippen LogP contribution in [-0.4, -0.2) is 56.1 Å². The van der Waals surface area contributed by atoms with Crippen LogP contribution in [0.3, 0.4) is 0 Å². The number of piperazine rings is 1. The van der Waals surface area contributed by atoms with Crippen LogP contribution in [0.1, 0.15) is 10.4 Å². The van der Waals surface area contributed by atoms with Crippen LogP contribution in [0.25, 0.3) is 0 Å². The van der Waals surface area contributed by atoms with E-state index in [0.717, 1.165) is 48.3 Å². The van der Waals surface area contributed by atoms with Crippen molar-refractivity contribution < 1.29 is 4.79 Å². The zero-order valence-corrected chi connectivity index (χ0v) is 16.8. The van der Waals surface area contributed by atoms with Crippen LogP contribution in [-0.2, 0) is 13.1 Å². The van der Waals surface area contributed by atoms with Gasteiger partial charge in [-0.3, -0.25) is 4.90 Å². The van der Waals surface area contributed by atoms with E-state index >= 15 is 0 Å². The van der Waals surface area contributed by atoms with Crippen molar-refractivity contribution in [3.63, 3.8) is 0 Å². The molecule has 3 rings (SSSR count). The van der Waals surface area contributed by atoms with Crippen molar-refractivity contribution in [3.05, 3.63) is 51.2 Å². The van der Waals surface area contributed by atoms with E-state index in [1.807, 2.05) is 37.2 Å². The number of carbonyl (C=O) groups excluding carboxylic acids is 1. The van der Waals surface area contributed by atoms with Crippen LogP contribution in [0.4, 0.5) is 10.5 Å². The first kappa shape index (κ1) is 19.0. The number of hydrogen-bond acceptors (Lipinski definition) is 4. The molecule has 5 nitrogen and oxygen atoms in total. The number of carbonyl (C=O) groups is 1. The molecule has 1 aliphatic heterocycles. The molecule has 2 heterocycles. The molecule has 0 saturated carbocycles. The summed E-state index contributed by atoms with van der Waals surface area (Å²) in [5.74, 6) is 0. The molecule has 1 N–H and O–H groups in total. The molecule has 0 radical (unpaired) electrons. The molecule has 2 aromatic rings. The Morgan fingerprint density at radius 1 is 1.19 bits per heavy atom. The quantitative estimate of drug-likeness (QED) is 0.846. The lowest BCUT2D eigenvalue weighted by Gasteiger charge is -2.34. The van der Waals surface area contributed by atoms with Crippen molar-refractivity contribution in [2.45, 2.75) is 13.1 Å². The summed E-state index contributed by atoms with van der Waals surface area (Å²) in [6, 6.07) is 12.3. The first-order valence-electron chi connectivity index (χ1n) is 8.77. The Bertz CT molecular complexity index is 741. The van der Waals surface area contributed by atoms with E-state index in [2.05, 4.69) is 33.3 Å². The van der Waals surface area contributed by atoms with Crippen molar-refractivity contribution in [1.29, 1.82) is 0 Å². The molecule has 1 saturated heterocycles. The maximum atomic E-state index is 12.4. The first-order valence-corrected chi connectivity index (χ1v) is 9.96. The highest BCUT2D eigenvalue weighted by Gasteiger charge is 2.21. The maximum Gasteiger partial charge on any atom is 0.317 e. The number of benzene rings is 1. The van der Waals surface area contributed by atoms with Crippen LogP contribution < -0.4 is 10.2 Å². The third-order valence-corrected chi connectivity index (χ3v) is 5.75. The number of thiophene rings is 1. The number of anilines is 1. The van der Waals surface area contributed by atoms with Crippen LogP contribution >= 0.6 is 22.9 Å². The van der Waals surface area contributed by atoms with Gasteiger partial charge >= 0.3 is 6.03 Å². The lowest BCUT2D eigenvalue weighted by Crippen LogP contribution is -2.51. The second kappa shape index (κ2) is 8.75. The Morgan fingerprint density at radius 3 is 2.62 bits per heavy atom. The maximum absolute atomic E-state index is 12.4. The fraction of sp³-hybridized carbons (Fsp3) is 0.421. The molecule has 0 bridgehead atoms. The Morgan fingerprint density at radius 2 is 1.96 bits per heavy atom. The predicted octanol–water partition coefficient (Wildman–Crippen LogP) is 3.49. The Kier molecular flexibility index (Phi) is 6.40. The highest BCUT2D eigenvalue weighted by Crippen LogP contribution is 2.23. The monoisotopic (exact) mass is 392 g/mol. The summed E-state index contributed by atoms with van der Waals surface area (Å²) >= 11 is 7.62. The summed E-state index contributed by atoms with van der Waals surface area (Å²) < 4.78 is 0.830. The van der Waals surface area contributed by atoms with Crippen molar-refractivity contribution in [3.8, 4) is 0 Å². The zero-order chi connectivity index (χ0) is 18.5. The smallest absolute Gasteiger partial charge is 0.317 e. The van der Waals surface area contributed by atoms with Crippen LogP contribution in [0.15, 0.2) is 36.4 Å². The fourth-order valence-corrected chi connectivity index (χ4v) is 4.13. The van der Waals surface area contributed by atoms with Crippen LogP contribution in [0.5, 0.6) is 0 Å². The van der Waals surface area contributed by atoms with E-state index in [-0.39, 0.29) is 6.03 Å². The van der Waals surface area contributed by atoms with Gasteiger partial charge in [0.15, 0.2) is 0 Å². The molecule has 140 valence electrons. The minimum atomic E-state index is 0.0130. The minimum Gasteiger partial charge on any atom is -0.378 e. The highest BCUT2D eigenvalue weighted by atomic mass is 35.5. The van der Waals surface area contributed by atoms with Gasteiger partial charge in [-0.2, -0.15) is 0 Å². The first-order chi connectivity index (χ1) is 12.5. The summed E-state index contributed by atoms with van der Waals surface area (Å²) in [7, 11) is 4.03. The lowest BCUT2D eigenvalue weighted by atomic mass is 10.2. The van der Waals surface area contributed by atoms with E-state index in [0.29, 0.717) is 6.54 Å². The van der Waals surface area contributed by atoms with Gasteiger partial charge in [-0.15, -0.1) is 11.3 Å². The third kappa shape index (κ3) is 5.13. The molecule has 1 fully saturated rings. The summed E-state index contributed by atoms with van der Waals surface area (Å²) in [5.41, 5.74) is 2.25. The molecule has 1 aromatic carbocycles. The number of rotatable bonds is 5. The summed E-state index contributed by atoms with van der Waals surface area (Å²) in [4.78, 5) is 20.0. The number of hydrogen-bond donors (Lipinski definition) is 1. The van der Waals surface area contributed by atoms with Crippen LogP contribution in [0, 0.1) is 0 Å². The topological polar surface area (TPSA) is 38.8 Å². The summed E-state index contributed by atoms with van der Waals surface area (Å²) in [6.45, 7) is 4.74. The second-order valence-electron chi connectivity index (χ2n) is 6.69.